The molecule has 1 aromatic heterocycles. The number of phenolic OH excluding ortho intramolecular Hbond substituents is 1. The molecule has 21 heavy (non-hydrogen) atoms. The maximum absolute atomic E-state index is 12.6. The second-order valence-corrected chi connectivity index (χ2v) is 4.89. The number of nitriles is 1. The molecule has 0 spiro atoms. The highest BCUT2D eigenvalue weighted by Gasteiger charge is 2.26. The molecule has 1 aliphatic heterocycles. The summed E-state index contributed by atoms with van der Waals surface area (Å²) in [5.41, 5.74) is 2.21. The van der Waals surface area contributed by atoms with Gasteiger partial charge in [0.25, 0.3) is 5.91 Å². The lowest BCUT2D eigenvalue weighted by Crippen LogP contribution is -2.36. The molecule has 2 heterocycles. The van der Waals surface area contributed by atoms with Gasteiger partial charge in [0, 0.05) is 12.7 Å². The summed E-state index contributed by atoms with van der Waals surface area (Å²) in [4.78, 5) is 18.2. The van der Waals surface area contributed by atoms with Crippen molar-refractivity contribution in [2.75, 3.05) is 11.4 Å². The third kappa shape index (κ3) is 2.32. The van der Waals surface area contributed by atoms with Gasteiger partial charge in [0.2, 0.25) is 0 Å². The summed E-state index contributed by atoms with van der Waals surface area (Å²) in [5.74, 6) is -0.156. The molecular weight excluding hydrogens is 266 g/mol. The summed E-state index contributed by atoms with van der Waals surface area (Å²) in [6.07, 6.45) is 3.07. The molecule has 1 aliphatic rings. The first-order valence-corrected chi connectivity index (χ1v) is 6.69. The van der Waals surface area contributed by atoms with Crippen LogP contribution in [-0.4, -0.2) is 22.5 Å². The van der Waals surface area contributed by atoms with Gasteiger partial charge in [-0.3, -0.25) is 4.79 Å². The molecule has 1 amide bonds. The highest BCUT2D eigenvalue weighted by Crippen LogP contribution is 2.35. The number of hydrogen-bond donors (Lipinski definition) is 1. The van der Waals surface area contributed by atoms with Crippen molar-refractivity contribution in [3.63, 3.8) is 0 Å². The molecule has 0 bridgehead atoms. The van der Waals surface area contributed by atoms with Gasteiger partial charge in [0.15, 0.2) is 0 Å². The quantitative estimate of drug-likeness (QED) is 0.868. The van der Waals surface area contributed by atoms with E-state index in [-0.39, 0.29) is 17.4 Å². The zero-order valence-electron chi connectivity index (χ0n) is 11.3. The monoisotopic (exact) mass is 279 g/mol. The van der Waals surface area contributed by atoms with E-state index < -0.39 is 0 Å². The van der Waals surface area contributed by atoms with E-state index in [4.69, 9.17) is 5.26 Å². The minimum atomic E-state index is -0.262. The molecule has 0 radical (unpaired) electrons. The minimum absolute atomic E-state index is 0.106. The van der Waals surface area contributed by atoms with Crippen molar-refractivity contribution in [3.8, 4) is 11.8 Å². The molecule has 3 rings (SSSR count). The Hall–Kier alpha value is -2.87. The van der Waals surface area contributed by atoms with E-state index in [1.54, 1.807) is 23.1 Å². The molecular formula is C16H13N3O2. The summed E-state index contributed by atoms with van der Waals surface area (Å²) in [5, 5.41) is 18.8. The minimum Gasteiger partial charge on any atom is -0.506 e. The van der Waals surface area contributed by atoms with Gasteiger partial charge in [0.1, 0.15) is 17.5 Å². The Bertz CT molecular complexity index is 732. The number of fused-ring (bicyclic) bond motifs is 1. The van der Waals surface area contributed by atoms with Gasteiger partial charge in [-0.1, -0.05) is 12.1 Å². The molecule has 5 heteroatoms. The zero-order valence-corrected chi connectivity index (χ0v) is 11.3. The third-order valence-corrected chi connectivity index (χ3v) is 3.55. The number of aromatic hydroxyl groups is 1. The van der Waals surface area contributed by atoms with Crippen LogP contribution in [0.1, 0.15) is 28.0 Å². The van der Waals surface area contributed by atoms with Gasteiger partial charge in [-0.2, -0.15) is 5.26 Å². The molecule has 1 N–H and O–H groups in total. The average molecular weight is 279 g/mol. The predicted octanol–water partition coefficient (Wildman–Crippen LogP) is 2.25. The summed E-state index contributed by atoms with van der Waals surface area (Å²) in [6, 6.07) is 10.3. The summed E-state index contributed by atoms with van der Waals surface area (Å²) < 4.78 is 0. The number of hydrogen-bond acceptors (Lipinski definition) is 4. The second-order valence-electron chi connectivity index (χ2n) is 4.89. The fourth-order valence-corrected chi connectivity index (χ4v) is 2.56. The number of para-hydroxylation sites is 1. The van der Waals surface area contributed by atoms with Crippen molar-refractivity contribution in [2.24, 2.45) is 0 Å². The van der Waals surface area contributed by atoms with Crippen LogP contribution in [0.3, 0.4) is 0 Å². The molecule has 0 aliphatic carbocycles. The molecule has 2 aromatic rings. The van der Waals surface area contributed by atoms with Crippen LogP contribution >= 0.6 is 0 Å². The fraction of sp³-hybridized carbons (Fsp3) is 0.188. The Morgan fingerprint density at radius 3 is 2.90 bits per heavy atom. The first-order chi connectivity index (χ1) is 10.2. The highest BCUT2D eigenvalue weighted by molar-refractivity contribution is 6.06. The number of aryl methyl sites for hydroxylation is 1. The predicted molar refractivity (Wildman–Crippen MR) is 77.1 cm³/mol. The summed E-state index contributed by atoms with van der Waals surface area (Å²) in [6.45, 7) is 0.547. The van der Waals surface area contributed by atoms with E-state index in [0.717, 1.165) is 18.4 Å². The van der Waals surface area contributed by atoms with Crippen LogP contribution in [0.4, 0.5) is 5.69 Å². The number of anilines is 1. The third-order valence-electron chi connectivity index (χ3n) is 3.55. The number of carbonyl (C=O) groups is 1. The number of nitrogens with zero attached hydrogens (tertiary/aromatic N) is 3. The van der Waals surface area contributed by atoms with E-state index in [1.807, 2.05) is 12.1 Å². The van der Waals surface area contributed by atoms with Crippen LogP contribution in [0.15, 0.2) is 36.5 Å². The number of amides is 1. The smallest absolute Gasteiger partial charge is 0.276 e. The van der Waals surface area contributed by atoms with Crippen LogP contribution in [0.25, 0.3) is 0 Å². The molecule has 0 saturated heterocycles. The topological polar surface area (TPSA) is 77.2 Å². The highest BCUT2D eigenvalue weighted by atomic mass is 16.3. The van der Waals surface area contributed by atoms with Gasteiger partial charge < -0.3 is 10.0 Å². The number of phenols is 1. The van der Waals surface area contributed by atoms with Gasteiger partial charge in [0.05, 0.1) is 11.3 Å². The number of pyridine rings is 1. The molecule has 0 unspecified atom stereocenters. The Morgan fingerprint density at radius 2 is 2.19 bits per heavy atom. The van der Waals surface area contributed by atoms with E-state index in [2.05, 4.69) is 4.98 Å². The standard InChI is InChI=1S/C16H13N3O2/c17-9-11-6-7-13(18-10-11)16(21)19-8-2-4-12-3-1-5-14(20)15(12)19/h1,3,5-7,10,20H,2,4,8H2. The lowest BCUT2D eigenvalue weighted by molar-refractivity contribution is 0.0979. The largest absolute Gasteiger partial charge is 0.506 e. The van der Waals surface area contributed by atoms with Gasteiger partial charge in [-0.25, -0.2) is 4.98 Å². The van der Waals surface area contributed by atoms with E-state index in [0.29, 0.717) is 17.8 Å². The number of aromatic nitrogens is 1. The fourth-order valence-electron chi connectivity index (χ4n) is 2.56. The van der Waals surface area contributed by atoms with Gasteiger partial charge in [-0.05, 0) is 36.6 Å². The van der Waals surface area contributed by atoms with Crippen LogP contribution in [0.5, 0.6) is 5.75 Å². The maximum Gasteiger partial charge on any atom is 0.276 e. The first kappa shape index (κ1) is 13.1. The average Bonchev–Trinajstić information content (AvgIpc) is 2.54. The van der Waals surface area contributed by atoms with Crippen LogP contribution in [-0.2, 0) is 6.42 Å². The number of benzene rings is 1. The first-order valence-electron chi connectivity index (χ1n) is 6.69. The van der Waals surface area contributed by atoms with E-state index in [1.165, 1.54) is 12.3 Å². The van der Waals surface area contributed by atoms with E-state index in [9.17, 15) is 9.90 Å². The SMILES string of the molecule is N#Cc1ccc(C(=O)N2CCCc3cccc(O)c32)nc1. The summed E-state index contributed by atoms with van der Waals surface area (Å²) in [7, 11) is 0. The molecule has 5 nitrogen and oxygen atoms in total. The molecule has 0 saturated carbocycles. The van der Waals surface area contributed by atoms with Crippen molar-refractivity contribution in [3.05, 3.63) is 53.3 Å². The van der Waals surface area contributed by atoms with Crippen molar-refractivity contribution >= 4 is 11.6 Å². The molecule has 0 fully saturated rings. The maximum atomic E-state index is 12.6. The van der Waals surface area contributed by atoms with Crippen molar-refractivity contribution < 1.29 is 9.90 Å². The van der Waals surface area contributed by atoms with Crippen LogP contribution in [0.2, 0.25) is 0 Å². The summed E-state index contributed by atoms with van der Waals surface area (Å²) >= 11 is 0. The molecule has 104 valence electrons. The lowest BCUT2D eigenvalue weighted by atomic mass is 10.0. The Balaban J connectivity index is 1.98. The Kier molecular flexibility index (Phi) is 3.28. The second kappa shape index (κ2) is 5.25. The Labute approximate surface area is 122 Å². The van der Waals surface area contributed by atoms with Crippen molar-refractivity contribution in [1.29, 1.82) is 5.26 Å². The van der Waals surface area contributed by atoms with Crippen LogP contribution in [0, 0.1) is 11.3 Å². The van der Waals surface area contributed by atoms with Crippen molar-refractivity contribution in [2.45, 2.75) is 12.8 Å². The normalized spacial score (nSPS) is 13.4. The zero-order chi connectivity index (χ0) is 14.8. The Morgan fingerprint density at radius 1 is 1.33 bits per heavy atom. The number of carbonyl (C=O) groups excluding carboxylic acids is 1. The van der Waals surface area contributed by atoms with Crippen molar-refractivity contribution in [1.82, 2.24) is 4.98 Å². The number of rotatable bonds is 1. The van der Waals surface area contributed by atoms with E-state index >= 15 is 0 Å². The molecule has 0 atom stereocenters. The molecule has 1 aromatic carbocycles. The lowest BCUT2D eigenvalue weighted by Gasteiger charge is -2.29. The van der Waals surface area contributed by atoms with Gasteiger partial charge in [-0.15, -0.1) is 0 Å². The van der Waals surface area contributed by atoms with Crippen LogP contribution < -0.4 is 4.90 Å². The van der Waals surface area contributed by atoms with Gasteiger partial charge >= 0.3 is 0 Å².